The molecule has 0 aromatic carbocycles. The predicted octanol–water partition coefficient (Wildman–Crippen LogP) is 24.3. The molecule has 0 fully saturated rings. The van der Waals surface area contributed by atoms with Gasteiger partial charge in [-0.15, -0.1) is 0 Å². The monoisotopic (exact) mass is 1150 g/mol. The Balaban J connectivity index is 4.02. The van der Waals surface area contributed by atoms with E-state index in [1.165, 1.54) is 148 Å². The van der Waals surface area contributed by atoms with Crippen molar-refractivity contribution in [2.75, 3.05) is 13.2 Å². The number of hydrogen-bond donors (Lipinski definition) is 0. The molecule has 0 heterocycles. The topological polar surface area (TPSA) is 78.9 Å². The van der Waals surface area contributed by atoms with E-state index in [0.29, 0.717) is 19.3 Å². The molecule has 0 saturated heterocycles. The van der Waals surface area contributed by atoms with Crippen molar-refractivity contribution in [1.82, 2.24) is 0 Å². The second kappa shape index (κ2) is 70.3. The molecule has 0 aliphatic heterocycles. The van der Waals surface area contributed by atoms with Gasteiger partial charge in [0.15, 0.2) is 6.10 Å². The van der Waals surface area contributed by atoms with Crippen molar-refractivity contribution in [1.29, 1.82) is 0 Å². The molecule has 6 nitrogen and oxygen atoms in total. The summed E-state index contributed by atoms with van der Waals surface area (Å²) in [7, 11) is 0. The van der Waals surface area contributed by atoms with Crippen LogP contribution >= 0.6 is 0 Å². The van der Waals surface area contributed by atoms with E-state index in [0.717, 1.165) is 141 Å². The maximum absolute atomic E-state index is 12.8. The van der Waals surface area contributed by atoms with E-state index in [4.69, 9.17) is 14.2 Å². The maximum Gasteiger partial charge on any atom is 0.306 e. The minimum absolute atomic E-state index is 0.0858. The summed E-state index contributed by atoms with van der Waals surface area (Å²) in [6.45, 7) is 6.43. The normalized spacial score (nSPS) is 12.9. The van der Waals surface area contributed by atoms with Gasteiger partial charge in [0, 0.05) is 19.3 Å². The van der Waals surface area contributed by atoms with E-state index in [9.17, 15) is 14.4 Å². The Morgan fingerprint density at radius 2 is 0.470 bits per heavy atom. The number of rotatable bonds is 63. The molecule has 1 unspecified atom stereocenters. The Morgan fingerprint density at radius 3 is 0.735 bits per heavy atom. The number of carbonyl (C=O) groups excluding carboxylic acids is 3. The summed E-state index contributed by atoms with van der Waals surface area (Å²) in [4.78, 5) is 38.0. The molecule has 0 spiro atoms. The van der Waals surface area contributed by atoms with Crippen molar-refractivity contribution < 1.29 is 28.6 Å². The third kappa shape index (κ3) is 68.5. The first kappa shape index (κ1) is 78.8. The van der Waals surface area contributed by atoms with Gasteiger partial charge in [-0.1, -0.05) is 316 Å². The zero-order chi connectivity index (χ0) is 59.9. The lowest BCUT2D eigenvalue weighted by atomic mass is 10.0. The zero-order valence-corrected chi connectivity index (χ0v) is 54.4. The number of carbonyl (C=O) groups is 3. The SMILES string of the molecule is CC/C=C\C/C=C\C/C=C\C/C=C\C/C=C\C/C=C\C/C=C\CCCCCCCC(=O)OC(COC(=O)CCCCCCC)COC(=O)CCCCCCCCCCCCCCCCCCCC/C=C\C/C=C\C/C=C\CCCCCCC. The molecule has 0 aliphatic rings. The fourth-order valence-corrected chi connectivity index (χ4v) is 9.73. The second-order valence-electron chi connectivity index (χ2n) is 23.1. The molecule has 0 N–H and O–H groups in total. The minimum Gasteiger partial charge on any atom is -0.462 e. The smallest absolute Gasteiger partial charge is 0.306 e. The van der Waals surface area contributed by atoms with Crippen LogP contribution in [0.1, 0.15) is 329 Å². The van der Waals surface area contributed by atoms with Crippen LogP contribution in [0.15, 0.2) is 122 Å². The number of unbranched alkanes of at least 4 members (excludes halogenated alkanes) is 32. The van der Waals surface area contributed by atoms with E-state index < -0.39 is 6.10 Å². The minimum atomic E-state index is -0.788. The average molecular weight is 1150 g/mol. The molecule has 0 radical (unpaired) electrons. The summed E-state index contributed by atoms with van der Waals surface area (Å²) in [5, 5.41) is 0. The highest BCUT2D eigenvalue weighted by Gasteiger charge is 2.19. The van der Waals surface area contributed by atoms with Crippen LogP contribution in [0.3, 0.4) is 0 Å². The first-order chi connectivity index (χ1) is 41.0. The van der Waals surface area contributed by atoms with Crippen molar-refractivity contribution in [3.05, 3.63) is 122 Å². The van der Waals surface area contributed by atoms with E-state index in [1.807, 2.05) is 0 Å². The highest BCUT2D eigenvalue weighted by molar-refractivity contribution is 5.71. The molecular formula is C77H130O6. The van der Waals surface area contributed by atoms with Crippen molar-refractivity contribution >= 4 is 17.9 Å². The second-order valence-corrected chi connectivity index (χ2v) is 23.1. The standard InChI is InChI=1S/C77H130O6/c1-4-7-10-13-15-17-19-21-23-25-27-29-31-33-35-36-37-38-39-40-42-43-45-47-49-51-53-55-57-59-61-64-67-70-76(79)82-73-74(72-81-75(78)69-66-63-12-9-6-3)83-77(80)71-68-65-62-60-58-56-54-52-50-48-46-44-41-34-32-30-28-26-24-22-20-18-16-14-11-8-5-2/h8,11,16,18-19,21-22,24-25,27-28,30-31,33-34,41,46,48,52,54,74H,4-7,9-10,12-15,17,20,23,26,29,32,35-40,42-45,47,49-51,53,55-73H2,1-3H3/b11-8-,18-16-,21-19-,24-22-,27-25-,30-28-,33-31-,41-34-,48-46-,54-52-. The van der Waals surface area contributed by atoms with Gasteiger partial charge in [-0.05, 0) is 116 Å². The number of ether oxygens (including phenoxy) is 3. The molecule has 6 heteroatoms. The Hall–Kier alpha value is -4.19. The van der Waals surface area contributed by atoms with Gasteiger partial charge >= 0.3 is 17.9 Å². The first-order valence-electron chi connectivity index (χ1n) is 35.0. The highest BCUT2D eigenvalue weighted by atomic mass is 16.6. The molecule has 0 amide bonds. The summed E-state index contributed by atoms with van der Waals surface area (Å²) in [5.74, 6) is -0.912. The third-order valence-corrected chi connectivity index (χ3v) is 15.0. The van der Waals surface area contributed by atoms with Crippen LogP contribution in [0, 0.1) is 0 Å². The number of allylic oxidation sites excluding steroid dienone is 20. The predicted molar refractivity (Wildman–Crippen MR) is 362 cm³/mol. The molecule has 83 heavy (non-hydrogen) atoms. The molecular weight excluding hydrogens is 1020 g/mol. The van der Waals surface area contributed by atoms with E-state index in [-0.39, 0.29) is 31.1 Å². The average Bonchev–Trinajstić information content (AvgIpc) is 3.49. The molecule has 1 atom stereocenters. The van der Waals surface area contributed by atoms with Crippen LogP contribution in [0.5, 0.6) is 0 Å². The largest absolute Gasteiger partial charge is 0.462 e. The summed E-state index contributed by atoms with van der Waals surface area (Å²) < 4.78 is 16.8. The lowest BCUT2D eigenvalue weighted by molar-refractivity contribution is -0.167. The summed E-state index contributed by atoms with van der Waals surface area (Å²) in [6.07, 6.45) is 98.5. The van der Waals surface area contributed by atoms with Gasteiger partial charge in [0.25, 0.3) is 0 Å². The lowest BCUT2D eigenvalue weighted by Gasteiger charge is -2.18. The van der Waals surface area contributed by atoms with E-state index >= 15 is 0 Å². The van der Waals surface area contributed by atoms with Crippen LogP contribution < -0.4 is 0 Å². The zero-order valence-electron chi connectivity index (χ0n) is 54.4. The maximum atomic E-state index is 12.8. The van der Waals surface area contributed by atoms with Crippen molar-refractivity contribution in [2.24, 2.45) is 0 Å². The van der Waals surface area contributed by atoms with Crippen molar-refractivity contribution in [3.8, 4) is 0 Å². The van der Waals surface area contributed by atoms with Crippen LogP contribution in [0.4, 0.5) is 0 Å². The van der Waals surface area contributed by atoms with Crippen LogP contribution in [0.25, 0.3) is 0 Å². The van der Waals surface area contributed by atoms with Gasteiger partial charge in [-0.25, -0.2) is 0 Å². The van der Waals surface area contributed by atoms with Crippen LogP contribution in [-0.4, -0.2) is 37.2 Å². The van der Waals surface area contributed by atoms with E-state index in [2.05, 4.69) is 142 Å². The van der Waals surface area contributed by atoms with Gasteiger partial charge in [-0.3, -0.25) is 14.4 Å². The van der Waals surface area contributed by atoms with Gasteiger partial charge in [0.05, 0.1) is 0 Å². The number of esters is 3. The fourth-order valence-electron chi connectivity index (χ4n) is 9.73. The summed E-state index contributed by atoms with van der Waals surface area (Å²) in [5.41, 5.74) is 0. The van der Waals surface area contributed by atoms with Gasteiger partial charge in [0.1, 0.15) is 13.2 Å². The van der Waals surface area contributed by atoms with Crippen LogP contribution in [0.2, 0.25) is 0 Å². The Kier molecular flexibility index (Phi) is 66.7. The van der Waals surface area contributed by atoms with Crippen molar-refractivity contribution in [3.63, 3.8) is 0 Å². The molecule has 0 saturated carbocycles. The Labute approximate surface area is 513 Å². The summed E-state index contributed by atoms with van der Waals surface area (Å²) >= 11 is 0. The Bertz CT molecular complexity index is 1700. The fraction of sp³-hybridized carbons (Fsp3) is 0.701. The molecule has 0 aromatic heterocycles. The Morgan fingerprint density at radius 1 is 0.253 bits per heavy atom. The first-order valence-corrected chi connectivity index (χ1v) is 35.0. The van der Waals surface area contributed by atoms with Gasteiger partial charge < -0.3 is 14.2 Å². The molecule has 0 bridgehead atoms. The van der Waals surface area contributed by atoms with Crippen LogP contribution in [-0.2, 0) is 28.6 Å². The highest BCUT2D eigenvalue weighted by Crippen LogP contribution is 2.17. The van der Waals surface area contributed by atoms with Gasteiger partial charge in [0.2, 0.25) is 0 Å². The summed E-state index contributed by atoms with van der Waals surface area (Å²) in [6, 6.07) is 0. The van der Waals surface area contributed by atoms with Crippen molar-refractivity contribution in [2.45, 2.75) is 335 Å². The third-order valence-electron chi connectivity index (χ3n) is 15.0. The molecule has 474 valence electrons. The molecule has 0 rings (SSSR count). The lowest BCUT2D eigenvalue weighted by Crippen LogP contribution is -2.30. The molecule has 0 aliphatic carbocycles. The number of hydrogen-bond acceptors (Lipinski definition) is 6. The van der Waals surface area contributed by atoms with E-state index in [1.54, 1.807) is 0 Å². The molecule has 0 aromatic rings. The quantitative estimate of drug-likeness (QED) is 0.0261. The van der Waals surface area contributed by atoms with Gasteiger partial charge in [-0.2, -0.15) is 0 Å².